The first kappa shape index (κ1) is 14.3. The lowest BCUT2D eigenvalue weighted by Crippen LogP contribution is -2.43. The maximum absolute atomic E-state index is 10.6. The van der Waals surface area contributed by atoms with Crippen molar-refractivity contribution < 1.29 is 14.6 Å². The van der Waals surface area contributed by atoms with E-state index < -0.39 is 12.0 Å². The topological polar surface area (TPSA) is 84.6 Å². The van der Waals surface area contributed by atoms with Crippen LogP contribution in [0.15, 0.2) is 0 Å². The molecular formula is C10H22N2O3. The fraction of sp³-hybridized carbons (Fsp3) is 0.900. The third-order valence-corrected chi connectivity index (χ3v) is 2.34. The number of aliphatic hydroxyl groups is 1. The van der Waals surface area contributed by atoms with Gasteiger partial charge in [-0.05, 0) is 27.2 Å². The van der Waals surface area contributed by atoms with Gasteiger partial charge in [-0.3, -0.25) is 4.79 Å². The monoisotopic (exact) mass is 218 g/mol. The van der Waals surface area contributed by atoms with Crippen molar-refractivity contribution in [2.24, 2.45) is 5.73 Å². The van der Waals surface area contributed by atoms with E-state index in [1.165, 1.54) is 0 Å². The highest BCUT2D eigenvalue weighted by Crippen LogP contribution is 2.15. The summed E-state index contributed by atoms with van der Waals surface area (Å²) >= 11 is 0. The molecule has 4 N–H and O–H groups in total. The van der Waals surface area contributed by atoms with Gasteiger partial charge in [0, 0.05) is 19.7 Å². The zero-order chi connectivity index (χ0) is 12.1. The van der Waals surface area contributed by atoms with Crippen molar-refractivity contribution in [2.45, 2.75) is 44.9 Å². The number of methoxy groups -OCH3 is 1. The van der Waals surface area contributed by atoms with Gasteiger partial charge in [0.15, 0.2) is 0 Å². The number of carbonyl (C=O) groups is 1. The lowest BCUT2D eigenvalue weighted by atomic mass is 10.00. The molecule has 0 aromatic heterocycles. The molecular weight excluding hydrogens is 196 g/mol. The minimum Gasteiger partial charge on any atom is -0.382 e. The zero-order valence-electron chi connectivity index (χ0n) is 9.91. The van der Waals surface area contributed by atoms with Gasteiger partial charge in [0.05, 0.1) is 5.60 Å². The van der Waals surface area contributed by atoms with Crippen LogP contribution >= 0.6 is 0 Å². The second-order valence-corrected chi connectivity index (χ2v) is 4.40. The van der Waals surface area contributed by atoms with Gasteiger partial charge in [0.2, 0.25) is 5.91 Å². The standard InChI is InChI=1S/C10H22N2O3/c1-7(5-10(2,3)15-4)12-6-8(13)9(11)14/h7-8,12-13H,5-6H2,1-4H3,(H2,11,14). The molecule has 90 valence electrons. The molecule has 0 bridgehead atoms. The Bertz CT molecular complexity index is 207. The second-order valence-electron chi connectivity index (χ2n) is 4.40. The largest absolute Gasteiger partial charge is 0.382 e. The van der Waals surface area contributed by atoms with E-state index in [1.807, 2.05) is 20.8 Å². The summed E-state index contributed by atoms with van der Waals surface area (Å²) < 4.78 is 5.27. The minimum atomic E-state index is -1.13. The first-order valence-corrected chi connectivity index (χ1v) is 5.04. The zero-order valence-corrected chi connectivity index (χ0v) is 9.91. The Kier molecular flexibility index (Phi) is 5.79. The molecule has 0 rings (SSSR count). The Morgan fingerprint density at radius 3 is 2.53 bits per heavy atom. The van der Waals surface area contributed by atoms with Gasteiger partial charge in [-0.15, -0.1) is 0 Å². The third-order valence-electron chi connectivity index (χ3n) is 2.34. The number of rotatable bonds is 7. The van der Waals surface area contributed by atoms with Crippen LogP contribution in [-0.4, -0.2) is 42.4 Å². The van der Waals surface area contributed by atoms with E-state index in [0.717, 1.165) is 6.42 Å². The van der Waals surface area contributed by atoms with E-state index in [0.29, 0.717) is 0 Å². The van der Waals surface area contributed by atoms with E-state index in [4.69, 9.17) is 15.6 Å². The molecule has 0 fully saturated rings. The molecule has 0 radical (unpaired) electrons. The van der Waals surface area contributed by atoms with Gasteiger partial charge in [-0.25, -0.2) is 0 Å². The number of amides is 1. The average Bonchev–Trinajstić information content (AvgIpc) is 2.13. The molecule has 15 heavy (non-hydrogen) atoms. The van der Waals surface area contributed by atoms with Crippen LogP contribution in [0.4, 0.5) is 0 Å². The molecule has 0 heterocycles. The van der Waals surface area contributed by atoms with Gasteiger partial charge in [0.1, 0.15) is 6.10 Å². The first-order valence-electron chi connectivity index (χ1n) is 5.04. The Balaban J connectivity index is 3.85. The Hall–Kier alpha value is -0.650. The van der Waals surface area contributed by atoms with Crippen molar-refractivity contribution in [3.63, 3.8) is 0 Å². The predicted octanol–water partition coefficient (Wildman–Crippen LogP) is -0.374. The molecule has 0 aliphatic rings. The van der Waals surface area contributed by atoms with Crippen molar-refractivity contribution in [3.05, 3.63) is 0 Å². The fourth-order valence-electron chi connectivity index (χ4n) is 1.31. The summed E-state index contributed by atoms with van der Waals surface area (Å²) in [6, 6.07) is 0.147. The number of carbonyl (C=O) groups excluding carboxylic acids is 1. The van der Waals surface area contributed by atoms with E-state index >= 15 is 0 Å². The highest BCUT2D eigenvalue weighted by atomic mass is 16.5. The predicted molar refractivity (Wildman–Crippen MR) is 58.4 cm³/mol. The molecule has 5 nitrogen and oxygen atoms in total. The van der Waals surface area contributed by atoms with Crippen LogP contribution in [0.5, 0.6) is 0 Å². The summed E-state index contributed by atoms with van der Waals surface area (Å²) in [5.74, 6) is -0.708. The average molecular weight is 218 g/mol. The smallest absolute Gasteiger partial charge is 0.247 e. The van der Waals surface area contributed by atoms with Gasteiger partial charge in [-0.2, -0.15) is 0 Å². The fourth-order valence-corrected chi connectivity index (χ4v) is 1.31. The molecule has 0 saturated carbocycles. The summed E-state index contributed by atoms with van der Waals surface area (Å²) in [6.07, 6.45) is -0.340. The number of aliphatic hydroxyl groups excluding tert-OH is 1. The number of nitrogens with one attached hydrogen (secondary N) is 1. The van der Waals surface area contributed by atoms with Gasteiger partial charge >= 0.3 is 0 Å². The summed E-state index contributed by atoms with van der Waals surface area (Å²) in [5, 5.41) is 12.2. The minimum absolute atomic E-state index is 0.147. The number of hydrogen-bond acceptors (Lipinski definition) is 4. The van der Waals surface area contributed by atoms with Crippen LogP contribution in [0, 0.1) is 0 Å². The van der Waals surface area contributed by atoms with Crippen LogP contribution in [0.25, 0.3) is 0 Å². The molecule has 0 aliphatic heterocycles. The molecule has 0 aliphatic carbocycles. The van der Waals surface area contributed by atoms with Crippen molar-refractivity contribution >= 4 is 5.91 Å². The third kappa shape index (κ3) is 6.43. The number of hydrogen-bond donors (Lipinski definition) is 3. The maximum Gasteiger partial charge on any atom is 0.247 e. The number of ether oxygens (including phenoxy) is 1. The van der Waals surface area contributed by atoms with E-state index in [2.05, 4.69) is 5.32 Å². The molecule has 0 aromatic rings. The summed E-state index contributed by atoms with van der Waals surface area (Å²) in [7, 11) is 1.66. The molecule has 2 unspecified atom stereocenters. The van der Waals surface area contributed by atoms with Crippen LogP contribution < -0.4 is 11.1 Å². The highest BCUT2D eigenvalue weighted by molar-refractivity contribution is 5.78. The van der Waals surface area contributed by atoms with Gasteiger partial charge < -0.3 is 20.9 Å². The normalized spacial score (nSPS) is 16.1. The summed E-state index contributed by atoms with van der Waals surface area (Å²) in [4.78, 5) is 10.6. The van der Waals surface area contributed by atoms with Crippen molar-refractivity contribution in [1.29, 1.82) is 0 Å². The number of primary amides is 1. The van der Waals surface area contributed by atoms with Crippen LogP contribution in [0.2, 0.25) is 0 Å². The maximum atomic E-state index is 10.6. The molecule has 0 aromatic carbocycles. The van der Waals surface area contributed by atoms with E-state index in [-0.39, 0.29) is 18.2 Å². The van der Waals surface area contributed by atoms with Crippen LogP contribution in [0.3, 0.4) is 0 Å². The SMILES string of the molecule is COC(C)(C)CC(C)NCC(O)C(N)=O. The summed E-state index contributed by atoms with van der Waals surface area (Å²) in [6.45, 7) is 6.11. The van der Waals surface area contributed by atoms with Gasteiger partial charge in [0.25, 0.3) is 0 Å². The van der Waals surface area contributed by atoms with Crippen LogP contribution in [0.1, 0.15) is 27.2 Å². The molecule has 5 heteroatoms. The van der Waals surface area contributed by atoms with Gasteiger partial charge in [-0.1, -0.05) is 0 Å². The quantitative estimate of drug-likeness (QED) is 0.544. The van der Waals surface area contributed by atoms with E-state index in [9.17, 15) is 4.79 Å². The van der Waals surface area contributed by atoms with Crippen molar-refractivity contribution in [1.82, 2.24) is 5.32 Å². The summed E-state index contributed by atoms with van der Waals surface area (Å²) in [5.41, 5.74) is 4.70. The van der Waals surface area contributed by atoms with Crippen LogP contribution in [-0.2, 0) is 9.53 Å². The molecule has 0 saturated heterocycles. The second kappa shape index (κ2) is 6.05. The molecule has 2 atom stereocenters. The number of nitrogens with two attached hydrogens (primary N) is 1. The molecule has 0 spiro atoms. The first-order chi connectivity index (χ1) is 6.78. The Morgan fingerprint density at radius 2 is 2.13 bits per heavy atom. The van der Waals surface area contributed by atoms with E-state index in [1.54, 1.807) is 7.11 Å². The Labute approximate surface area is 91.0 Å². The van der Waals surface area contributed by atoms with Crippen molar-refractivity contribution in [3.8, 4) is 0 Å². The lowest BCUT2D eigenvalue weighted by molar-refractivity contribution is -0.125. The van der Waals surface area contributed by atoms with Crippen molar-refractivity contribution in [2.75, 3.05) is 13.7 Å². The Morgan fingerprint density at radius 1 is 1.60 bits per heavy atom. The lowest BCUT2D eigenvalue weighted by Gasteiger charge is -2.27. The molecule has 1 amide bonds. The highest BCUT2D eigenvalue weighted by Gasteiger charge is 2.20.